The number of hydrazine groups is 1. The molecule has 0 aromatic carbocycles. The van der Waals surface area contributed by atoms with E-state index in [0.29, 0.717) is 12.0 Å². The molecule has 1 aromatic rings. The van der Waals surface area contributed by atoms with Crippen LogP contribution in [0.3, 0.4) is 0 Å². The standard InChI is InChI=1S/C16H24N4O/c1-11-6-5-9-20(12(11)2)16(21)15-10-14(18-19-15)13-7-3-4-8-17-13/h3-4,7-8,11-12,14-15,18-19H,5-6,9-10H2,1-2H3. The van der Waals surface area contributed by atoms with Crippen molar-refractivity contribution in [1.82, 2.24) is 20.7 Å². The van der Waals surface area contributed by atoms with Crippen LogP contribution in [0.4, 0.5) is 0 Å². The van der Waals surface area contributed by atoms with E-state index in [2.05, 4.69) is 29.7 Å². The summed E-state index contributed by atoms with van der Waals surface area (Å²) >= 11 is 0. The Balaban J connectivity index is 1.64. The van der Waals surface area contributed by atoms with Gasteiger partial charge >= 0.3 is 0 Å². The average Bonchev–Trinajstić information content (AvgIpc) is 3.00. The van der Waals surface area contributed by atoms with Gasteiger partial charge in [0.25, 0.3) is 0 Å². The van der Waals surface area contributed by atoms with Crippen LogP contribution < -0.4 is 10.9 Å². The first-order chi connectivity index (χ1) is 10.2. The molecule has 0 radical (unpaired) electrons. The predicted octanol–water partition coefficient (Wildman–Crippen LogP) is 1.64. The van der Waals surface area contributed by atoms with Crippen molar-refractivity contribution < 1.29 is 4.79 Å². The Kier molecular flexibility index (Phi) is 4.22. The Morgan fingerprint density at radius 2 is 2.19 bits per heavy atom. The Morgan fingerprint density at radius 3 is 2.95 bits per heavy atom. The Labute approximate surface area is 126 Å². The lowest BCUT2D eigenvalue weighted by Gasteiger charge is -2.39. The number of carbonyl (C=O) groups excluding carboxylic acids is 1. The second-order valence-corrected chi connectivity index (χ2v) is 6.28. The van der Waals surface area contributed by atoms with Crippen LogP contribution in [-0.4, -0.2) is 34.4 Å². The Hall–Kier alpha value is -1.46. The Bertz CT molecular complexity index is 492. The van der Waals surface area contributed by atoms with Crippen LogP contribution in [0, 0.1) is 5.92 Å². The molecular formula is C16H24N4O. The number of piperidine rings is 1. The highest BCUT2D eigenvalue weighted by Gasteiger charge is 2.37. The fourth-order valence-corrected chi connectivity index (χ4v) is 3.34. The van der Waals surface area contributed by atoms with Gasteiger partial charge in [0, 0.05) is 18.8 Å². The summed E-state index contributed by atoms with van der Waals surface area (Å²) in [5, 5.41) is 0. The third-order valence-corrected chi connectivity index (χ3v) is 4.90. The third-order valence-electron chi connectivity index (χ3n) is 4.90. The predicted molar refractivity (Wildman–Crippen MR) is 81.2 cm³/mol. The smallest absolute Gasteiger partial charge is 0.241 e. The van der Waals surface area contributed by atoms with Crippen molar-refractivity contribution in [3.05, 3.63) is 30.1 Å². The van der Waals surface area contributed by atoms with Crippen molar-refractivity contribution in [3.63, 3.8) is 0 Å². The molecule has 2 fully saturated rings. The van der Waals surface area contributed by atoms with Crippen LogP contribution in [-0.2, 0) is 4.79 Å². The summed E-state index contributed by atoms with van der Waals surface area (Å²) < 4.78 is 0. The molecule has 3 rings (SSSR count). The SMILES string of the molecule is CC1CCCN(C(=O)C2CC(c3ccccn3)NN2)C1C. The minimum atomic E-state index is -0.148. The van der Waals surface area contributed by atoms with Crippen LogP contribution in [0.25, 0.3) is 0 Å². The van der Waals surface area contributed by atoms with Crippen LogP contribution in [0.1, 0.15) is 44.8 Å². The highest BCUT2D eigenvalue weighted by Crippen LogP contribution is 2.26. The minimum absolute atomic E-state index is 0.109. The number of amides is 1. The molecule has 2 aliphatic heterocycles. The average molecular weight is 288 g/mol. The van der Waals surface area contributed by atoms with Gasteiger partial charge in [-0.2, -0.15) is 0 Å². The number of nitrogens with zero attached hydrogens (tertiary/aromatic N) is 2. The summed E-state index contributed by atoms with van der Waals surface area (Å²) in [5.74, 6) is 0.809. The number of rotatable bonds is 2. The molecule has 21 heavy (non-hydrogen) atoms. The normalized spacial score (nSPS) is 33.1. The van der Waals surface area contributed by atoms with Crippen LogP contribution in [0.2, 0.25) is 0 Å². The first kappa shape index (κ1) is 14.5. The highest BCUT2D eigenvalue weighted by molar-refractivity contribution is 5.82. The van der Waals surface area contributed by atoms with Crippen molar-refractivity contribution in [1.29, 1.82) is 0 Å². The van der Waals surface area contributed by atoms with Crippen LogP contribution in [0.5, 0.6) is 0 Å². The molecule has 0 aliphatic carbocycles. The lowest BCUT2D eigenvalue weighted by atomic mass is 9.91. The largest absolute Gasteiger partial charge is 0.338 e. The number of hydrogen-bond donors (Lipinski definition) is 2. The third kappa shape index (κ3) is 2.94. The summed E-state index contributed by atoms with van der Waals surface area (Å²) in [6.07, 6.45) is 4.88. The number of pyridine rings is 1. The summed E-state index contributed by atoms with van der Waals surface area (Å²) in [4.78, 5) is 19.2. The second kappa shape index (κ2) is 6.12. The van der Waals surface area contributed by atoms with Gasteiger partial charge in [0.15, 0.2) is 0 Å². The fourth-order valence-electron chi connectivity index (χ4n) is 3.34. The minimum Gasteiger partial charge on any atom is -0.338 e. The van der Waals surface area contributed by atoms with Gasteiger partial charge in [-0.05, 0) is 44.2 Å². The summed E-state index contributed by atoms with van der Waals surface area (Å²) in [6.45, 7) is 5.29. The molecule has 0 spiro atoms. The molecule has 2 N–H and O–H groups in total. The summed E-state index contributed by atoms with van der Waals surface area (Å²) in [6, 6.07) is 6.18. The topological polar surface area (TPSA) is 57.3 Å². The van der Waals surface area contributed by atoms with E-state index in [-0.39, 0.29) is 18.0 Å². The molecule has 4 atom stereocenters. The fraction of sp³-hybridized carbons (Fsp3) is 0.625. The van der Waals surface area contributed by atoms with E-state index in [9.17, 15) is 4.79 Å². The molecule has 0 saturated carbocycles. The molecule has 5 nitrogen and oxygen atoms in total. The monoisotopic (exact) mass is 288 g/mol. The first-order valence-electron chi connectivity index (χ1n) is 7.89. The van der Waals surface area contributed by atoms with Crippen LogP contribution >= 0.6 is 0 Å². The molecule has 1 amide bonds. The maximum absolute atomic E-state index is 12.7. The number of nitrogens with one attached hydrogen (secondary N) is 2. The maximum Gasteiger partial charge on any atom is 0.241 e. The van der Waals surface area contributed by atoms with Crippen molar-refractivity contribution >= 4 is 5.91 Å². The van der Waals surface area contributed by atoms with Crippen molar-refractivity contribution in [2.75, 3.05) is 6.54 Å². The Morgan fingerprint density at radius 1 is 1.33 bits per heavy atom. The quantitative estimate of drug-likeness (QED) is 0.868. The summed E-state index contributed by atoms with van der Waals surface area (Å²) in [7, 11) is 0. The van der Waals surface area contributed by atoms with Gasteiger partial charge in [-0.3, -0.25) is 9.78 Å². The maximum atomic E-state index is 12.7. The molecule has 3 heterocycles. The highest BCUT2D eigenvalue weighted by atomic mass is 16.2. The van der Waals surface area contributed by atoms with Gasteiger partial charge in [-0.15, -0.1) is 0 Å². The summed E-state index contributed by atoms with van der Waals surface area (Å²) in [5.41, 5.74) is 7.35. The molecule has 0 bridgehead atoms. The zero-order valence-corrected chi connectivity index (χ0v) is 12.7. The van der Waals surface area contributed by atoms with E-state index >= 15 is 0 Å². The second-order valence-electron chi connectivity index (χ2n) is 6.28. The zero-order valence-electron chi connectivity index (χ0n) is 12.7. The first-order valence-corrected chi connectivity index (χ1v) is 7.89. The van der Waals surface area contributed by atoms with E-state index in [1.807, 2.05) is 23.1 Å². The molecule has 5 heteroatoms. The molecule has 4 unspecified atom stereocenters. The molecule has 1 aromatic heterocycles. The lowest BCUT2D eigenvalue weighted by Crippen LogP contribution is -2.52. The van der Waals surface area contributed by atoms with Gasteiger partial charge in [0.2, 0.25) is 5.91 Å². The number of hydrogen-bond acceptors (Lipinski definition) is 4. The van der Waals surface area contributed by atoms with Gasteiger partial charge < -0.3 is 4.90 Å². The molecule has 2 aliphatic rings. The van der Waals surface area contributed by atoms with Gasteiger partial charge in [-0.25, -0.2) is 10.9 Å². The van der Waals surface area contributed by atoms with Gasteiger partial charge in [0.1, 0.15) is 6.04 Å². The lowest BCUT2D eigenvalue weighted by molar-refractivity contribution is -0.137. The number of carbonyl (C=O) groups is 1. The van der Waals surface area contributed by atoms with Crippen molar-refractivity contribution in [2.45, 2.75) is 51.2 Å². The zero-order chi connectivity index (χ0) is 14.8. The van der Waals surface area contributed by atoms with Crippen molar-refractivity contribution in [2.24, 2.45) is 5.92 Å². The molecule has 114 valence electrons. The van der Waals surface area contributed by atoms with Crippen LogP contribution in [0.15, 0.2) is 24.4 Å². The molecular weight excluding hydrogens is 264 g/mol. The molecule has 2 saturated heterocycles. The van der Waals surface area contributed by atoms with E-state index in [1.165, 1.54) is 6.42 Å². The van der Waals surface area contributed by atoms with Gasteiger partial charge in [0.05, 0.1) is 11.7 Å². The van der Waals surface area contributed by atoms with E-state index < -0.39 is 0 Å². The van der Waals surface area contributed by atoms with Crippen molar-refractivity contribution in [3.8, 4) is 0 Å². The van der Waals surface area contributed by atoms with E-state index in [0.717, 1.165) is 25.1 Å². The van der Waals surface area contributed by atoms with E-state index in [4.69, 9.17) is 0 Å². The van der Waals surface area contributed by atoms with Gasteiger partial charge in [-0.1, -0.05) is 13.0 Å². The number of likely N-dealkylation sites (tertiary alicyclic amines) is 1. The number of aromatic nitrogens is 1. The van der Waals surface area contributed by atoms with E-state index in [1.54, 1.807) is 6.20 Å².